The van der Waals surface area contributed by atoms with Gasteiger partial charge in [-0.2, -0.15) is 5.10 Å². The molecule has 0 aliphatic carbocycles. The van der Waals surface area contributed by atoms with Gasteiger partial charge in [0.2, 0.25) is 0 Å². The van der Waals surface area contributed by atoms with Gasteiger partial charge in [-0.3, -0.25) is 9.89 Å². The zero-order chi connectivity index (χ0) is 15.4. The Morgan fingerprint density at radius 3 is 2.82 bits per heavy atom. The molecule has 0 radical (unpaired) electrons. The van der Waals surface area contributed by atoms with E-state index in [0.29, 0.717) is 12.1 Å². The molecule has 22 heavy (non-hydrogen) atoms. The van der Waals surface area contributed by atoms with Crippen molar-refractivity contribution in [2.75, 3.05) is 38.1 Å². The number of anilines is 1. The number of carbonyl (C=O) groups excluding carboxylic acids is 1. The van der Waals surface area contributed by atoms with Crippen molar-refractivity contribution in [2.45, 2.75) is 6.54 Å². The lowest BCUT2D eigenvalue weighted by Gasteiger charge is -2.33. The first-order valence-corrected chi connectivity index (χ1v) is 7.38. The van der Waals surface area contributed by atoms with Gasteiger partial charge < -0.3 is 15.1 Å². The molecule has 0 aromatic carbocycles. The summed E-state index contributed by atoms with van der Waals surface area (Å²) in [6, 6.07) is 5.43. The van der Waals surface area contributed by atoms with Crippen molar-refractivity contribution in [3.63, 3.8) is 0 Å². The van der Waals surface area contributed by atoms with E-state index in [4.69, 9.17) is 0 Å². The zero-order valence-corrected chi connectivity index (χ0v) is 12.6. The molecule has 2 N–H and O–H groups in total. The third-order valence-electron chi connectivity index (χ3n) is 3.83. The van der Waals surface area contributed by atoms with Crippen LogP contribution in [0.1, 0.15) is 16.1 Å². The van der Waals surface area contributed by atoms with Gasteiger partial charge >= 0.3 is 0 Å². The Bertz CT molecular complexity index is 619. The molecular weight excluding hydrogens is 280 g/mol. The van der Waals surface area contributed by atoms with Crippen LogP contribution < -0.4 is 10.2 Å². The van der Waals surface area contributed by atoms with Gasteiger partial charge in [0, 0.05) is 44.1 Å². The third kappa shape index (κ3) is 3.43. The number of H-pyrrole nitrogens is 1. The Labute approximate surface area is 129 Å². The van der Waals surface area contributed by atoms with Crippen molar-refractivity contribution in [1.29, 1.82) is 0 Å². The molecule has 3 heterocycles. The number of likely N-dealkylation sites (N-methyl/N-ethyl adjacent to an activating group) is 1. The molecule has 2 aromatic heterocycles. The highest BCUT2D eigenvalue weighted by atomic mass is 16.1. The van der Waals surface area contributed by atoms with Crippen LogP contribution in [-0.2, 0) is 6.54 Å². The Morgan fingerprint density at radius 2 is 2.09 bits per heavy atom. The van der Waals surface area contributed by atoms with Crippen molar-refractivity contribution in [3.8, 4) is 0 Å². The normalized spacial score (nSPS) is 15.8. The molecule has 0 saturated carbocycles. The van der Waals surface area contributed by atoms with Crippen LogP contribution in [0.2, 0.25) is 0 Å². The number of carbonyl (C=O) groups is 1. The monoisotopic (exact) mass is 300 g/mol. The van der Waals surface area contributed by atoms with Gasteiger partial charge in [0.15, 0.2) is 0 Å². The molecule has 1 saturated heterocycles. The minimum absolute atomic E-state index is 0.104. The number of piperazine rings is 1. The Hall–Kier alpha value is -2.41. The van der Waals surface area contributed by atoms with E-state index in [1.165, 1.54) is 0 Å². The summed E-state index contributed by atoms with van der Waals surface area (Å²) in [6.07, 6.45) is 3.36. The summed E-state index contributed by atoms with van der Waals surface area (Å²) in [5.74, 6) is 0.759. The molecule has 116 valence electrons. The molecule has 7 heteroatoms. The van der Waals surface area contributed by atoms with Crippen molar-refractivity contribution in [1.82, 2.24) is 25.4 Å². The molecule has 2 aromatic rings. The van der Waals surface area contributed by atoms with Gasteiger partial charge in [0.05, 0.1) is 12.2 Å². The van der Waals surface area contributed by atoms with E-state index in [1.54, 1.807) is 18.5 Å². The van der Waals surface area contributed by atoms with Crippen LogP contribution in [0, 0.1) is 0 Å². The van der Waals surface area contributed by atoms with E-state index < -0.39 is 0 Å². The SMILES string of the molecule is CN1CCN(c2cc(C(=O)NCc3ccn[nH]3)ccn2)CC1. The van der Waals surface area contributed by atoms with Gasteiger partial charge in [-0.15, -0.1) is 0 Å². The molecule has 0 spiro atoms. The molecule has 1 amide bonds. The quantitative estimate of drug-likeness (QED) is 0.859. The molecule has 3 rings (SSSR count). The number of nitrogens with one attached hydrogen (secondary N) is 2. The topological polar surface area (TPSA) is 77.1 Å². The van der Waals surface area contributed by atoms with E-state index in [-0.39, 0.29) is 5.91 Å². The van der Waals surface area contributed by atoms with Gasteiger partial charge in [0.25, 0.3) is 5.91 Å². The van der Waals surface area contributed by atoms with Crippen molar-refractivity contribution in [3.05, 3.63) is 41.9 Å². The zero-order valence-electron chi connectivity index (χ0n) is 12.6. The third-order valence-corrected chi connectivity index (χ3v) is 3.83. The van der Waals surface area contributed by atoms with E-state index in [2.05, 4.69) is 37.3 Å². The fraction of sp³-hybridized carbons (Fsp3) is 0.400. The minimum atomic E-state index is -0.104. The maximum atomic E-state index is 12.2. The fourth-order valence-corrected chi connectivity index (χ4v) is 2.43. The first-order valence-electron chi connectivity index (χ1n) is 7.38. The number of hydrogen-bond acceptors (Lipinski definition) is 5. The number of pyridine rings is 1. The number of aromatic amines is 1. The minimum Gasteiger partial charge on any atom is -0.354 e. The van der Waals surface area contributed by atoms with Gasteiger partial charge in [-0.1, -0.05) is 0 Å². The first kappa shape index (κ1) is 14.5. The predicted molar refractivity (Wildman–Crippen MR) is 83.7 cm³/mol. The highest BCUT2D eigenvalue weighted by molar-refractivity contribution is 5.94. The van der Waals surface area contributed by atoms with E-state index in [9.17, 15) is 4.79 Å². The lowest BCUT2D eigenvalue weighted by atomic mass is 10.2. The standard InChI is InChI=1S/C15H20N6O/c1-20-6-8-21(9-7-20)14-10-12(2-4-16-14)15(22)17-11-13-3-5-18-19-13/h2-5,10H,6-9,11H2,1H3,(H,17,22)(H,18,19). The Morgan fingerprint density at radius 1 is 1.27 bits per heavy atom. The summed E-state index contributed by atoms with van der Waals surface area (Å²) in [5, 5.41) is 9.55. The number of rotatable bonds is 4. The number of hydrogen-bond donors (Lipinski definition) is 2. The molecular formula is C15H20N6O. The lowest BCUT2D eigenvalue weighted by molar-refractivity contribution is 0.0950. The lowest BCUT2D eigenvalue weighted by Crippen LogP contribution is -2.44. The summed E-state index contributed by atoms with van der Waals surface area (Å²) in [5.41, 5.74) is 1.50. The Balaban J connectivity index is 1.64. The summed E-state index contributed by atoms with van der Waals surface area (Å²) < 4.78 is 0. The molecule has 1 aliphatic rings. The van der Waals surface area contributed by atoms with Crippen LogP contribution in [0.5, 0.6) is 0 Å². The molecule has 7 nitrogen and oxygen atoms in total. The van der Waals surface area contributed by atoms with Crippen LogP contribution in [0.25, 0.3) is 0 Å². The van der Waals surface area contributed by atoms with Crippen molar-refractivity contribution < 1.29 is 4.79 Å². The second-order valence-corrected chi connectivity index (χ2v) is 5.46. The maximum Gasteiger partial charge on any atom is 0.251 e. The number of amides is 1. The van der Waals surface area contributed by atoms with E-state index >= 15 is 0 Å². The van der Waals surface area contributed by atoms with Crippen LogP contribution >= 0.6 is 0 Å². The Kier molecular flexibility index (Phi) is 4.34. The summed E-state index contributed by atoms with van der Waals surface area (Å²) >= 11 is 0. The average molecular weight is 300 g/mol. The highest BCUT2D eigenvalue weighted by Gasteiger charge is 2.16. The number of nitrogens with zero attached hydrogens (tertiary/aromatic N) is 4. The van der Waals surface area contributed by atoms with Gasteiger partial charge in [-0.25, -0.2) is 4.98 Å². The molecule has 0 unspecified atom stereocenters. The van der Waals surface area contributed by atoms with Gasteiger partial charge in [-0.05, 0) is 25.2 Å². The second-order valence-electron chi connectivity index (χ2n) is 5.46. The smallest absolute Gasteiger partial charge is 0.251 e. The van der Waals surface area contributed by atoms with Crippen LogP contribution in [0.15, 0.2) is 30.6 Å². The molecule has 1 fully saturated rings. The van der Waals surface area contributed by atoms with Crippen molar-refractivity contribution in [2.24, 2.45) is 0 Å². The van der Waals surface area contributed by atoms with Gasteiger partial charge in [0.1, 0.15) is 5.82 Å². The summed E-state index contributed by atoms with van der Waals surface area (Å²) in [7, 11) is 2.12. The second kappa shape index (κ2) is 6.57. The van der Waals surface area contributed by atoms with Crippen LogP contribution in [0.3, 0.4) is 0 Å². The molecule has 0 bridgehead atoms. The average Bonchev–Trinajstić information content (AvgIpc) is 3.07. The van der Waals surface area contributed by atoms with Crippen LogP contribution in [-0.4, -0.2) is 59.2 Å². The fourth-order valence-electron chi connectivity index (χ4n) is 2.43. The maximum absolute atomic E-state index is 12.2. The van der Waals surface area contributed by atoms with Crippen molar-refractivity contribution >= 4 is 11.7 Å². The predicted octanol–water partition coefficient (Wildman–Crippen LogP) is 0.486. The largest absolute Gasteiger partial charge is 0.354 e. The summed E-state index contributed by atoms with van der Waals surface area (Å²) in [4.78, 5) is 21.1. The summed E-state index contributed by atoms with van der Waals surface area (Å²) in [6.45, 7) is 4.33. The highest BCUT2D eigenvalue weighted by Crippen LogP contribution is 2.14. The van der Waals surface area contributed by atoms with E-state index in [1.807, 2.05) is 12.1 Å². The molecule has 0 atom stereocenters. The first-order chi connectivity index (χ1) is 10.7. The van der Waals surface area contributed by atoms with Crippen LogP contribution in [0.4, 0.5) is 5.82 Å². The number of aromatic nitrogens is 3. The van der Waals surface area contributed by atoms with E-state index in [0.717, 1.165) is 37.7 Å². The molecule has 1 aliphatic heterocycles.